The van der Waals surface area contributed by atoms with Gasteiger partial charge in [-0.3, -0.25) is 0 Å². The Morgan fingerprint density at radius 1 is 1.14 bits per heavy atom. The van der Waals surface area contributed by atoms with Gasteiger partial charge in [-0.15, -0.1) is 0 Å². The third-order valence-corrected chi connectivity index (χ3v) is 3.62. The van der Waals surface area contributed by atoms with Crippen LogP contribution in [0.2, 0.25) is 0 Å². The lowest BCUT2D eigenvalue weighted by Gasteiger charge is -2.23. The average Bonchev–Trinajstić information content (AvgIpc) is 3.16. The highest BCUT2D eigenvalue weighted by molar-refractivity contribution is 5.28. The molecule has 1 fully saturated rings. The fourth-order valence-electron chi connectivity index (χ4n) is 1.97. The monoisotopic (exact) mass is 290 g/mol. The van der Waals surface area contributed by atoms with Crippen LogP contribution in [0.4, 0.5) is 0 Å². The van der Waals surface area contributed by atoms with Crippen LogP contribution in [-0.2, 0) is 12.0 Å². The minimum Gasteiger partial charge on any atom is -0.477 e. The van der Waals surface area contributed by atoms with Gasteiger partial charge < -0.3 is 10.1 Å². The fraction of sp³-hybridized carbons (Fsp3) is 0.722. The first-order valence-corrected chi connectivity index (χ1v) is 8.03. The number of nitrogens with zero attached hydrogens (tertiary/aromatic N) is 1. The smallest absolute Gasteiger partial charge is 0.213 e. The molecule has 0 radical (unpaired) electrons. The highest BCUT2D eigenvalue weighted by Crippen LogP contribution is 2.30. The zero-order chi connectivity index (χ0) is 15.7. The molecule has 0 atom stereocenters. The lowest BCUT2D eigenvalue weighted by Crippen LogP contribution is -2.35. The van der Waals surface area contributed by atoms with Crippen molar-refractivity contribution in [3.8, 4) is 5.88 Å². The second-order valence-corrected chi connectivity index (χ2v) is 8.31. The second-order valence-electron chi connectivity index (χ2n) is 8.31. The van der Waals surface area contributed by atoms with E-state index >= 15 is 0 Å². The lowest BCUT2D eigenvalue weighted by atomic mass is 9.90. The van der Waals surface area contributed by atoms with Crippen molar-refractivity contribution in [3.05, 3.63) is 23.4 Å². The van der Waals surface area contributed by atoms with Crippen LogP contribution in [0, 0.1) is 5.92 Å². The largest absolute Gasteiger partial charge is 0.477 e. The van der Waals surface area contributed by atoms with Gasteiger partial charge in [-0.05, 0) is 51.2 Å². The number of ether oxygens (including phenoxy) is 1. The minimum absolute atomic E-state index is 0.0371. The molecule has 0 spiro atoms. The van der Waals surface area contributed by atoms with Crippen LogP contribution >= 0.6 is 0 Å². The fourth-order valence-corrected chi connectivity index (χ4v) is 1.97. The Bertz CT molecular complexity index is 479. The molecule has 1 saturated carbocycles. The van der Waals surface area contributed by atoms with E-state index in [1.807, 2.05) is 0 Å². The molecular formula is C18H30N2O. The molecule has 3 heteroatoms. The third kappa shape index (κ3) is 5.66. The summed E-state index contributed by atoms with van der Waals surface area (Å²) in [6.45, 7) is 14.8. The number of hydrogen-bond acceptors (Lipinski definition) is 3. The van der Waals surface area contributed by atoms with Gasteiger partial charge in [0.15, 0.2) is 0 Å². The van der Waals surface area contributed by atoms with E-state index in [1.54, 1.807) is 0 Å². The molecule has 0 unspecified atom stereocenters. The van der Waals surface area contributed by atoms with E-state index in [0.717, 1.165) is 30.6 Å². The first kappa shape index (κ1) is 16.3. The summed E-state index contributed by atoms with van der Waals surface area (Å²) >= 11 is 0. The number of nitrogens with one attached hydrogen (secondary N) is 1. The SMILES string of the molecule is CC(C)(C)NCc1cc(OCC2CC2)nc(C(C)(C)C)c1. The Balaban J connectivity index is 2.14. The van der Waals surface area contributed by atoms with Crippen molar-refractivity contribution in [2.75, 3.05) is 6.61 Å². The highest BCUT2D eigenvalue weighted by atomic mass is 16.5. The Morgan fingerprint density at radius 2 is 1.81 bits per heavy atom. The summed E-state index contributed by atoms with van der Waals surface area (Å²) in [6.07, 6.45) is 2.61. The van der Waals surface area contributed by atoms with Gasteiger partial charge in [-0.2, -0.15) is 0 Å². The highest BCUT2D eigenvalue weighted by Gasteiger charge is 2.23. The summed E-state index contributed by atoms with van der Waals surface area (Å²) in [5.41, 5.74) is 2.49. The topological polar surface area (TPSA) is 34.1 Å². The predicted molar refractivity (Wildman–Crippen MR) is 87.7 cm³/mol. The van der Waals surface area contributed by atoms with Crippen LogP contribution in [0.1, 0.15) is 65.6 Å². The summed E-state index contributed by atoms with van der Waals surface area (Å²) in [7, 11) is 0. The lowest BCUT2D eigenvalue weighted by molar-refractivity contribution is 0.285. The Morgan fingerprint density at radius 3 is 2.33 bits per heavy atom. The molecule has 21 heavy (non-hydrogen) atoms. The maximum Gasteiger partial charge on any atom is 0.213 e. The Kier molecular flexibility index (Phi) is 4.62. The van der Waals surface area contributed by atoms with Crippen molar-refractivity contribution in [1.29, 1.82) is 0 Å². The van der Waals surface area contributed by atoms with Crippen LogP contribution in [-0.4, -0.2) is 17.1 Å². The third-order valence-electron chi connectivity index (χ3n) is 3.62. The summed E-state index contributed by atoms with van der Waals surface area (Å²) in [4.78, 5) is 4.70. The first-order valence-electron chi connectivity index (χ1n) is 8.03. The molecule has 1 aromatic heterocycles. The number of aromatic nitrogens is 1. The Hall–Kier alpha value is -1.09. The van der Waals surface area contributed by atoms with Crippen LogP contribution in [0.3, 0.4) is 0 Å². The quantitative estimate of drug-likeness (QED) is 0.888. The maximum absolute atomic E-state index is 5.90. The van der Waals surface area contributed by atoms with Crippen molar-refractivity contribution in [2.24, 2.45) is 5.92 Å². The predicted octanol–water partition coefficient (Wildman–Crippen LogP) is 4.06. The summed E-state index contributed by atoms with van der Waals surface area (Å²) < 4.78 is 5.90. The molecule has 3 nitrogen and oxygen atoms in total. The van der Waals surface area contributed by atoms with E-state index in [4.69, 9.17) is 9.72 Å². The van der Waals surface area contributed by atoms with Gasteiger partial charge in [0, 0.05) is 23.6 Å². The van der Waals surface area contributed by atoms with E-state index in [0.29, 0.717) is 0 Å². The van der Waals surface area contributed by atoms with Crippen LogP contribution in [0.25, 0.3) is 0 Å². The van der Waals surface area contributed by atoms with E-state index in [9.17, 15) is 0 Å². The number of rotatable bonds is 5. The molecular weight excluding hydrogens is 260 g/mol. The van der Waals surface area contributed by atoms with Gasteiger partial charge in [0.25, 0.3) is 0 Å². The van der Waals surface area contributed by atoms with Gasteiger partial charge in [0.2, 0.25) is 5.88 Å². The summed E-state index contributed by atoms with van der Waals surface area (Å²) in [6, 6.07) is 4.28. The number of hydrogen-bond donors (Lipinski definition) is 1. The number of pyridine rings is 1. The van der Waals surface area contributed by atoms with Crippen molar-refractivity contribution < 1.29 is 4.74 Å². The van der Waals surface area contributed by atoms with Gasteiger partial charge in [0.1, 0.15) is 0 Å². The summed E-state index contributed by atoms with van der Waals surface area (Å²) in [5.74, 6) is 1.53. The maximum atomic E-state index is 5.90. The molecule has 2 rings (SSSR count). The minimum atomic E-state index is 0.0371. The van der Waals surface area contributed by atoms with Crippen LogP contribution in [0.5, 0.6) is 5.88 Å². The van der Waals surface area contributed by atoms with E-state index in [2.05, 4.69) is 59.0 Å². The molecule has 118 valence electrons. The molecule has 1 heterocycles. The molecule has 1 aromatic rings. The van der Waals surface area contributed by atoms with E-state index in [1.165, 1.54) is 18.4 Å². The normalized spacial score (nSPS) is 16.1. The molecule has 0 aliphatic heterocycles. The van der Waals surface area contributed by atoms with Crippen molar-refractivity contribution >= 4 is 0 Å². The standard InChI is InChI=1S/C18H30N2O/c1-17(2,3)15-9-14(11-19-18(4,5)6)10-16(20-15)21-12-13-7-8-13/h9-10,13,19H,7-8,11-12H2,1-6H3. The summed E-state index contributed by atoms with van der Waals surface area (Å²) in [5, 5.41) is 3.54. The zero-order valence-electron chi connectivity index (χ0n) is 14.4. The van der Waals surface area contributed by atoms with Gasteiger partial charge in [0.05, 0.1) is 12.3 Å². The zero-order valence-corrected chi connectivity index (χ0v) is 14.4. The molecule has 0 saturated heterocycles. The molecule has 0 amide bonds. The molecule has 1 aliphatic carbocycles. The van der Waals surface area contributed by atoms with Crippen molar-refractivity contribution in [1.82, 2.24) is 10.3 Å². The van der Waals surface area contributed by atoms with Gasteiger partial charge >= 0.3 is 0 Å². The Labute approximate surface area is 129 Å². The van der Waals surface area contributed by atoms with Crippen LogP contribution < -0.4 is 10.1 Å². The molecule has 0 bridgehead atoms. The van der Waals surface area contributed by atoms with Crippen LogP contribution in [0.15, 0.2) is 12.1 Å². The molecule has 1 N–H and O–H groups in total. The first-order chi connectivity index (χ1) is 9.63. The van der Waals surface area contributed by atoms with E-state index < -0.39 is 0 Å². The van der Waals surface area contributed by atoms with E-state index in [-0.39, 0.29) is 11.0 Å². The van der Waals surface area contributed by atoms with Gasteiger partial charge in [-0.25, -0.2) is 4.98 Å². The van der Waals surface area contributed by atoms with Crippen molar-refractivity contribution in [2.45, 2.75) is 71.9 Å². The van der Waals surface area contributed by atoms with Gasteiger partial charge in [-0.1, -0.05) is 20.8 Å². The second kappa shape index (κ2) is 5.96. The molecule has 0 aromatic carbocycles. The van der Waals surface area contributed by atoms with Crippen molar-refractivity contribution in [3.63, 3.8) is 0 Å². The average molecular weight is 290 g/mol. The molecule has 1 aliphatic rings.